The third-order valence-electron chi connectivity index (χ3n) is 2.72. The summed E-state index contributed by atoms with van der Waals surface area (Å²) in [6.07, 6.45) is 0.755. The molecule has 0 radical (unpaired) electrons. The van der Waals surface area contributed by atoms with Gasteiger partial charge in [-0.3, -0.25) is 0 Å². The van der Waals surface area contributed by atoms with Crippen molar-refractivity contribution in [2.24, 2.45) is 5.73 Å². The van der Waals surface area contributed by atoms with Gasteiger partial charge >= 0.3 is 5.97 Å². The molecule has 0 amide bonds. The van der Waals surface area contributed by atoms with Gasteiger partial charge in [0, 0.05) is 0 Å². The summed E-state index contributed by atoms with van der Waals surface area (Å²) >= 11 is 0. The Bertz CT molecular complexity index is 404. The third-order valence-corrected chi connectivity index (χ3v) is 2.72. The van der Waals surface area contributed by atoms with Crippen LogP contribution >= 0.6 is 0 Å². The number of aryl methyl sites for hydroxylation is 1. The van der Waals surface area contributed by atoms with Crippen LogP contribution in [0, 0.1) is 12.7 Å². The van der Waals surface area contributed by atoms with Crippen molar-refractivity contribution >= 4 is 5.97 Å². The number of halogens is 1. The lowest BCUT2D eigenvalue weighted by Crippen LogP contribution is -2.09. The number of carboxylic acid groups (broad SMARTS) is 1. The number of aromatic carboxylic acids is 1. The highest BCUT2D eigenvalue weighted by Gasteiger charge is 2.16. The Balaban J connectivity index is 3.19. The first-order valence-corrected chi connectivity index (χ1v) is 5.20. The van der Waals surface area contributed by atoms with E-state index in [1.807, 2.05) is 6.92 Å². The van der Waals surface area contributed by atoms with Gasteiger partial charge in [0.2, 0.25) is 0 Å². The standard InChI is InChI=1S/C12H16FNO2/c1-7(3-4-14)9-6-10(12(15)16)11(13)5-8(9)2/h5-7H,3-4,14H2,1-2H3,(H,15,16). The van der Waals surface area contributed by atoms with Crippen LogP contribution in [-0.2, 0) is 0 Å². The molecule has 3 nitrogen and oxygen atoms in total. The van der Waals surface area contributed by atoms with Gasteiger partial charge in [0.15, 0.2) is 0 Å². The van der Waals surface area contributed by atoms with Gasteiger partial charge in [-0.2, -0.15) is 0 Å². The molecule has 0 spiro atoms. The average Bonchev–Trinajstić information content (AvgIpc) is 2.17. The second kappa shape index (κ2) is 5.07. The molecule has 0 aliphatic heterocycles. The van der Waals surface area contributed by atoms with Crippen LogP contribution in [-0.4, -0.2) is 17.6 Å². The van der Waals surface area contributed by atoms with E-state index < -0.39 is 11.8 Å². The van der Waals surface area contributed by atoms with Gasteiger partial charge in [-0.05, 0) is 49.1 Å². The molecular formula is C12H16FNO2. The van der Waals surface area contributed by atoms with Gasteiger partial charge in [-0.15, -0.1) is 0 Å². The van der Waals surface area contributed by atoms with Gasteiger partial charge in [0.25, 0.3) is 0 Å². The molecule has 1 rings (SSSR count). The minimum atomic E-state index is -1.24. The fourth-order valence-corrected chi connectivity index (χ4v) is 1.79. The number of benzene rings is 1. The largest absolute Gasteiger partial charge is 0.478 e. The smallest absolute Gasteiger partial charge is 0.338 e. The number of hydrogen-bond acceptors (Lipinski definition) is 2. The van der Waals surface area contributed by atoms with Crippen LogP contribution in [0.4, 0.5) is 4.39 Å². The topological polar surface area (TPSA) is 63.3 Å². The normalized spacial score (nSPS) is 12.5. The van der Waals surface area contributed by atoms with Crippen LogP contribution in [0.25, 0.3) is 0 Å². The molecule has 1 aromatic carbocycles. The molecule has 88 valence electrons. The zero-order valence-corrected chi connectivity index (χ0v) is 9.46. The molecule has 0 saturated carbocycles. The summed E-state index contributed by atoms with van der Waals surface area (Å²) in [5.41, 5.74) is 6.80. The van der Waals surface area contributed by atoms with Crippen molar-refractivity contribution < 1.29 is 14.3 Å². The predicted molar refractivity (Wildman–Crippen MR) is 60.2 cm³/mol. The number of nitrogens with two attached hydrogens (primary N) is 1. The minimum Gasteiger partial charge on any atom is -0.478 e. The molecule has 0 bridgehead atoms. The molecule has 0 aromatic heterocycles. The summed E-state index contributed by atoms with van der Waals surface area (Å²) in [6.45, 7) is 4.26. The van der Waals surface area contributed by atoms with E-state index in [9.17, 15) is 9.18 Å². The quantitative estimate of drug-likeness (QED) is 0.826. The average molecular weight is 225 g/mol. The highest BCUT2D eigenvalue weighted by molar-refractivity contribution is 5.88. The van der Waals surface area contributed by atoms with Crippen molar-refractivity contribution in [1.29, 1.82) is 0 Å². The maximum Gasteiger partial charge on any atom is 0.338 e. The van der Waals surface area contributed by atoms with E-state index in [0.29, 0.717) is 6.54 Å². The fraction of sp³-hybridized carbons (Fsp3) is 0.417. The van der Waals surface area contributed by atoms with E-state index in [4.69, 9.17) is 10.8 Å². The molecule has 0 aliphatic carbocycles. The summed E-state index contributed by atoms with van der Waals surface area (Å²) in [4.78, 5) is 10.8. The van der Waals surface area contributed by atoms with Crippen molar-refractivity contribution in [1.82, 2.24) is 0 Å². The summed E-state index contributed by atoms with van der Waals surface area (Å²) in [7, 11) is 0. The van der Waals surface area contributed by atoms with E-state index in [1.54, 1.807) is 6.92 Å². The van der Waals surface area contributed by atoms with Gasteiger partial charge in [-0.25, -0.2) is 9.18 Å². The first-order valence-electron chi connectivity index (χ1n) is 5.20. The Hall–Kier alpha value is -1.42. The lowest BCUT2D eigenvalue weighted by Gasteiger charge is -2.14. The van der Waals surface area contributed by atoms with Crippen LogP contribution in [0.2, 0.25) is 0 Å². The zero-order chi connectivity index (χ0) is 12.3. The van der Waals surface area contributed by atoms with Crippen molar-refractivity contribution in [3.8, 4) is 0 Å². The molecule has 1 unspecified atom stereocenters. The molecule has 4 heteroatoms. The van der Waals surface area contributed by atoms with Crippen molar-refractivity contribution in [3.63, 3.8) is 0 Å². The highest BCUT2D eigenvalue weighted by Crippen LogP contribution is 2.25. The number of rotatable bonds is 4. The van der Waals surface area contributed by atoms with Crippen molar-refractivity contribution in [2.45, 2.75) is 26.2 Å². The van der Waals surface area contributed by atoms with Crippen LogP contribution in [0.15, 0.2) is 12.1 Å². The second-order valence-electron chi connectivity index (χ2n) is 3.97. The second-order valence-corrected chi connectivity index (χ2v) is 3.97. The lowest BCUT2D eigenvalue weighted by atomic mass is 9.92. The Morgan fingerprint density at radius 1 is 1.56 bits per heavy atom. The third kappa shape index (κ3) is 2.58. The summed E-state index contributed by atoms with van der Waals surface area (Å²) < 4.78 is 13.3. The first-order chi connectivity index (χ1) is 7.47. The van der Waals surface area contributed by atoms with E-state index in [-0.39, 0.29) is 11.5 Å². The van der Waals surface area contributed by atoms with Crippen LogP contribution < -0.4 is 5.73 Å². The Morgan fingerprint density at radius 2 is 2.19 bits per heavy atom. The molecule has 3 N–H and O–H groups in total. The molecule has 0 fully saturated rings. The summed E-state index contributed by atoms with van der Waals surface area (Å²) in [6, 6.07) is 2.68. The maximum absolute atomic E-state index is 13.3. The van der Waals surface area contributed by atoms with Crippen LogP contribution in [0.5, 0.6) is 0 Å². The van der Waals surface area contributed by atoms with E-state index in [1.165, 1.54) is 12.1 Å². The highest BCUT2D eigenvalue weighted by atomic mass is 19.1. The monoisotopic (exact) mass is 225 g/mol. The predicted octanol–water partition coefficient (Wildman–Crippen LogP) is 2.28. The fourth-order valence-electron chi connectivity index (χ4n) is 1.79. The molecular weight excluding hydrogens is 209 g/mol. The van der Waals surface area contributed by atoms with E-state index in [0.717, 1.165) is 17.5 Å². The SMILES string of the molecule is Cc1cc(F)c(C(=O)O)cc1C(C)CCN. The Morgan fingerprint density at radius 3 is 2.69 bits per heavy atom. The molecule has 0 heterocycles. The van der Waals surface area contributed by atoms with Gasteiger partial charge < -0.3 is 10.8 Å². The molecule has 0 saturated heterocycles. The van der Waals surface area contributed by atoms with E-state index >= 15 is 0 Å². The van der Waals surface area contributed by atoms with Crippen molar-refractivity contribution in [2.75, 3.05) is 6.54 Å². The maximum atomic E-state index is 13.3. The molecule has 16 heavy (non-hydrogen) atoms. The van der Waals surface area contributed by atoms with Gasteiger partial charge in [0.1, 0.15) is 5.82 Å². The summed E-state index contributed by atoms with van der Waals surface area (Å²) in [5, 5.41) is 8.83. The first kappa shape index (κ1) is 12.6. The Kier molecular flexibility index (Phi) is 4.01. The molecule has 1 atom stereocenters. The summed E-state index contributed by atoms with van der Waals surface area (Å²) in [5.74, 6) is -1.78. The number of carboxylic acids is 1. The molecule has 1 aromatic rings. The van der Waals surface area contributed by atoms with Crippen LogP contribution in [0.3, 0.4) is 0 Å². The van der Waals surface area contributed by atoms with Crippen LogP contribution in [0.1, 0.15) is 40.7 Å². The van der Waals surface area contributed by atoms with Crippen molar-refractivity contribution in [3.05, 3.63) is 34.6 Å². The number of hydrogen-bond donors (Lipinski definition) is 2. The minimum absolute atomic E-state index is 0.142. The number of carbonyl (C=O) groups is 1. The zero-order valence-electron chi connectivity index (χ0n) is 9.46. The van der Waals surface area contributed by atoms with E-state index in [2.05, 4.69) is 0 Å². The lowest BCUT2D eigenvalue weighted by molar-refractivity contribution is 0.0691. The molecule has 0 aliphatic rings. The van der Waals surface area contributed by atoms with Gasteiger partial charge in [0.05, 0.1) is 5.56 Å². The van der Waals surface area contributed by atoms with Gasteiger partial charge in [-0.1, -0.05) is 6.92 Å². The Labute approximate surface area is 94.1 Å².